The quantitative estimate of drug-likeness (QED) is 0.868. The first-order valence-electron chi connectivity index (χ1n) is 8.92. The number of aliphatic hydroxyl groups excluding tert-OH is 1. The molecule has 2 heterocycles. The molecule has 134 valence electrons. The van der Waals surface area contributed by atoms with E-state index in [4.69, 9.17) is 4.74 Å². The third kappa shape index (κ3) is 4.90. The lowest BCUT2D eigenvalue weighted by Gasteiger charge is -2.24. The number of nitrogens with zero attached hydrogens (tertiary/aromatic N) is 4. The maximum atomic E-state index is 10.4. The zero-order valence-corrected chi connectivity index (χ0v) is 14.7. The molecule has 1 unspecified atom stereocenters. The molecule has 0 spiro atoms. The fourth-order valence-electron chi connectivity index (χ4n) is 3.09. The molecular formula is C19H26N4O2. The zero-order chi connectivity index (χ0) is 17.5. The van der Waals surface area contributed by atoms with Crippen LogP contribution in [0.4, 0.5) is 5.95 Å². The number of hydrogen-bond donors (Lipinski definition) is 1. The van der Waals surface area contributed by atoms with E-state index in [9.17, 15) is 5.11 Å². The van der Waals surface area contributed by atoms with E-state index in [-0.39, 0.29) is 0 Å². The van der Waals surface area contributed by atoms with Gasteiger partial charge in [-0.15, -0.1) is 0 Å². The largest absolute Gasteiger partial charge is 0.478 e. The number of aromatic nitrogens is 2. The van der Waals surface area contributed by atoms with Gasteiger partial charge in [0.25, 0.3) is 0 Å². The summed E-state index contributed by atoms with van der Waals surface area (Å²) >= 11 is 0. The maximum absolute atomic E-state index is 10.4. The number of aliphatic hydroxyl groups is 1. The molecule has 1 aromatic carbocycles. The lowest BCUT2D eigenvalue weighted by atomic mass is 10.1. The Labute approximate surface area is 149 Å². The van der Waals surface area contributed by atoms with Gasteiger partial charge in [-0.05, 0) is 18.9 Å². The van der Waals surface area contributed by atoms with Crippen molar-refractivity contribution in [1.82, 2.24) is 14.9 Å². The van der Waals surface area contributed by atoms with Crippen LogP contribution >= 0.6 is 0 Å². The Hall–Kier alpha value is -2.18. The fraction of sp³-hybridized carbons (Fsp3) is 0.474. The van der Waals surface area contributed by atoms with E-state index in [2.05, 4.69) is 19.8 Å². The number of rotatable bonds is 6. The van der Waals surface area contributed by atoms with Crippen LogP contribution in [0.3, 0.4) is 0 Å². The summed E-state index contributed by atoms with van der Waals surface area (Å²) < 4.78 is 5.47. The normalized spacial score (nSPS) is 17.1. The minimum absolute atomic E-state index is 0.453. The van der Waals surface area contributed by atoms with Crippen molar-refractivity contribution in [3.05, 3.63) is 48.2 Å². The summed E-state index contributed by atoms with van der Waals surface area (Å²) in [6.45, 7) is 6.80. The molecule has 0 aliphatic carbocycles. The minimum atomic E-state index is -0.453. The Morgan fingerprint density at radius 1 is 1.12 bits per heavy atom. The molecule has 0 saturated carbocycles. The van der Waals surface area contributed by atoms with Crippen molar-refractivity contribution in [3.8, 4) is 5.88 Å². The highest BCUT2D eigenvalue weighted by Gasteiger charge is 2.20. The highest BCUT2D eigenvalue weighted by atomic mass is 16.5. The van der Waals surface area contributed by atoms with Gasteiger partial charge in [-0.1, -0.05) is 30.3 Å². The summed E-state index contributed by atoms with van der Waals surface area (Å²) in [6.07, 6.45) is 2.31. The van der Waals surface area contributed by atoms with Crippen LogP contribution in [0.5, 0.6) is 5.88 Å². The highest BCUT2D eigenvalue weighted by molar-refractivity contribution is 5.32. The van der Waals surface area contributed by atoms with E-state index in [0.29, 0.717) is 19.0 Å². The van der Waals surface area contributed by atoms with Crippen molar-refractivity contribution in [2.45, 2.75) is 19.4 Å². The van der Waals surface area contributed by atoms with Crippen molar-refractivity contribution in [2.24, 2.45) is 0 Å². The molecule has 3 rings (SSSR count). The van der Waals surface area contributed by atoms with Crippen molar-refractivity contribution in [2.75, 3.05) is 44.2 Å². The van der Waals surface area contributed by atoms with E-state index in [0.717, 1.165) is 44.1 Å². The van der Waals surface area contributed by atoms with Crippen molar-refractivity contribution in [3.63, 3.8) is 0 Å². The molecule has 25 heavy (non-hydrogen) atoms. The number of hydrogen-bond acceptors (Lipinski definition) is 6. The van der Waals surface area contributed by atoms with Crippen LogP contribution in [0.1, 0.15) is 25.0 Å². The van der Waals surface area contributed by atoms with Gasteiger partial charge in [0, 0.05) is 45.0 Å². The Kier molecular flexibility index (Phi) is 6.19. The Balaban J connectivity index is 1.58. The number of β-amino-alcohol motifs (C(OH)–C–C–N with tert-alkyl or cyclic N) is 1. The molecular weight excluding hydrogens is 316 g/mol. The van der Waals surface area contributed by atoms with Crippen LogP contribution in [-0.4, -0.2) is 59.3 Å². The molecule has 6 heteroatoms. The summed E-state index contributed by atoms with van der Waals surface area (Å²) in [5, 5.41) is 10.4. The summed E-state index contributed by atoms with van der Waals surface area (Å²) in [5.41, 5.74) is 0.969. The van der Waals surface area contributed by atoms with Gasteiger partial charge in [0.15, 0.2) is 0 Å². The van der Waals surface area contributed by atoms with Crippen molar-refractivity contribution in [1.29, 1.82) is 0 Å². The smallest absolute Gasteiger partial charge is 0.228 e. The third-order valence-electron chi connectivity index (χ3n) is 4.40. The molecule has 1 atom stereocenters. The Morgan fingerprint density at radius 3 is 2.76 bits per heavy atom. The maximum Gasteiger partial charge on any atom is 0.228 e. The van der Waals surface area contributed by atoms with E-state index >= 15 is 0 Å². The molecule has 0 radical (unpaired) electrons. The number of ether oxygens (including phenoxy) is 1. The van der Waals surface area contributed by atoms with Crippen LogP contribution in [0.2, 0.25) is 0 Å². The second-order valence-electron chi connectivity index (χ2n) is 6.20. The van der Waals surface area contributed by atoms with Gasteiger partial charge in [-0.2, -0.15) is 4.98 Å². The standard InChI is InChI=1S/C19H26N4O2/c1-2-25-18-9-10-20-19(21-18)23-12-6-11-22(13-14-23)15-17(24)16-7-4-3-5-8-16/h3-5,7-10,17,24H,2,6,11-15H2,1H3. The van der Waals surface area contributed by atoms with Gasteiger partial charge < -0.3 is 14.7 Å². The predicted octanol–water partition coefficient (Wildman–Crippen LogP) is 2.12. The van der Waals surface area contributed by atoms with E-state index in [1.165, 1.54) is 0 Å². The van der Waals surface area contributed by atoms with Gasteiger partial charge >= 0.3 is 0 Å². The van der Waals surface area contributed by atoms with Crippen LogP contribution in [0.25, 0.3) is 0 Å². The van der Waals surface area contributed by atoms with Crippen LogP contribution < -0.4 is 9.64 Å². The molecule has 1 fully saturated rings. The molecule has 2 aromatic rings. The second-order valence-corrected chi connectivity index (χ2v) is 6.20. The minimum Gasteiger partial charge on any atom is -0.478 e. The first-order valence-corrected chi connectivity index (χ1v) is 8.92. The van der Waals surface area contributed by atoms with Crippen LogP contribution in [0.15, 0.2) is 42.6 Å². The van der Waals surface area contributed by atoms with Gasteiger partial charge in [-0.3, -0.25) is 4.90 Å². The molecule has 1 N–H and O–H groups in total. The zero-order valence-electron chi connectivity index (χ0n) is 14.7. The number of anilines is 1. The molecule has 0 amide bonds. The molecule has 0 bridgehead atoms. The van der Waals surface area contributed by atoms with Crippen LogP contribution in [0, 0.1) is 0 Å². The van der Waals surface area contributed by atoms with Crippen molar-refractivity contribution >= 4 is 5.95 Å². The molecule has 1 aromatic heterocycles. The average molecular weight is 342 g/mol. The topological polar surface area (TPSA) is 61.7 Å². The lowest BCUT2D eigenvalue weighted by Crippen LogP contribution is -2.34. The first kappa shape index (κ1) is 17.6. The first-order chi connectivity index (χ1) is 12.3. The summed E-state index contributed by atoms with van der Waals surface area (Å²) in [5.74, 6) is 1.34. The van der Waals surface area contributed by atoms with Gasteiger partial charge in [0.2, 0.25) is 11.8 Å². The third-order valence-corrected chi connectivity index (χ3v) is 4.40. The van der Waals surface area contributed by atoms with E-state index < -0.39 is 6.10 Å². The van der Waals surface area contributed by atoms with Gasteiger partial charge in [0.1, 0.15) is 0 Å². The SMILES string of the molecule is CCOc1ccnc(N2CCCN(CC(O)c3ccccc3)CC2)n1. The Morgan fingerprint density at radius 2 is 1.96 bits per heavy atom. The average Bonchev–Trinajstić information content (AvgIpc) is 2.89. The number of benzene rings is 1. The van der Waals surface area contributed by atoms with Gasteiger partial charge in [0.05, 0.1) is 12.7 Å². The van der Waals surface area contributed by atoms with Crippen molar-refractivity contribution < 1.29 is 9.84 Å². The molecule has 1 aliphatic heterocycles. The fourth-order valence-corrected chi connectivity index (χ4v) is 3.09. The molecule has 6 nitrogen and oxygen atoms in total. The Bertz CT molecular complexity index is 653. The van der Waals surface area contributed by atoms with Gasteiger partial charge in [-0.25, -0.2) is 4.98 Å². The second kappa shape index (κ2) is 8.78. The molecule has 1 aliphatic rings. The highest BCUT2D eigenvalue weighted by Crippen LogP contribution is 2.18. The van der Waals surface area contributed by atoms with E-state index in [1.54, 1.807) is 12.3 Å². The summed E-state index contributed by atoms with van der Waals surface area (Å²) in [4.78, 5) is 13.4. The summed E-state index contributed by atoms with van der Waals surface area (Å²) in [6, 6.07) is 11.6. The predicted molar refractivity (Wildman–Crippen MR) is 97.9 cm³/mol. The summed E-state index contributed by atoms with van der Waals surface area (Å²) in [7, 11) is 0. The van der Waals surface area contributed by atoms with E-state index in [1.807, 2.05) is 37.3 Å². The lowest BCUT2D eigenvalue weighted by molar-refractivity contribution is 0.117. The molecule has 1 saturated heterocycles. The van der Waals surface area contributed by atoms with Crippen LogP contribution in [-0.2, 0) is 0 Å². The monoisotopic (exact) mass is 342 g/mol.